The highest BCUT2D eigenvalue weighted by Crippen LogP contribution is 2.43. The Balaban J connectivity index is 1.61. The van der Waals surface area contributed by atoms with Gasteiger partial charge < -0.3 is 5.32 Å². The third-order valence-electron chi connectivity index (χ3n) is 5.26. The molecular weight excluding hydrogens is 282 g/mol. The number of rotatable bonds is 5. The van der Waals surface area contributed by atoms with Crippen molar-refractivity contribution in [2.24, 2.45) is 0 Å². The molecule has 3 rings (SSSR count). The topological polar surface area (TPSA) is 29.1 Å². The van der Waals surface area contributed by atoms with E-state index < -0.39 is 0 Å². The van der Waals surface area contributed by atoms with Crippen LogP contribution in [0, 0.1) is 13.8 Å². The van der Waals surface area contributed by atoms with Crippen LogP contribution in [-0.4, -0.2) is 12.5 Å². The number of aryl methyl sites for hydroxylation is 2. The third kappa shape index (κ3) is 3.47. The van der Waals surface area contributed by atoms with Crippen molar-refractivity contribution in [3.8, 4) is 0 Å². The van der Waals surface area contributed by atoms with E-state index in [1.165, 1.54) is 36.0 Å². The Kier molecular flexibility index (Phi) is 4.51. The summed E-state index contributed by atoms with van der Waals surface area (Å²) in [6.07, 6.45) is 4.05. The van der Waals surface area contributed by atoms with Gasteiger partial charge in [-0.15, -0.1) is 0 Å². The average Bonchev–Trinajstić information content (AvgIpc) is 2.51. The van der Waals surface area contributed by atoms with Crippen molar-refractivity contribution in [2.45, 2.75) is 44.9 Å². The molecule has 120 valence electrons. The van der Waals surface area contributed by atoms with Crippen molar-refractivity contribution in [2.75, 3.05) is 6.54 Å². The number of nitrogens with one attached hydrogen (secondary N) is 1. The second-order valence-corrected chi connectivity index (χ2v) is 6.87. The fraction of sp³-hybridized carbons (Fsp3) is 0.381. The zero-order chi connectivity index (χ0) is 16.3. The Hall–Kier alpha value is -2.09. The molecule has 2 heteroatoms. The second-order valence-electron chi connectivity index (χ2n) is 6.87. The van der Waals surface area contributed by atoms with Crippen molar-refractivity contribution >= 4 is 5.91 Å². The minimum atomic E-state index is 0.121. The van der Waals surface area contributed by atoms with E-state index in [1.54, 1.807) is 0 Å². The molecule has 0 aromatic heterocycles. The van der Waals surface area contributed by atoms with Gasteiger partial charge in [0, 0.05) is 12.0 Å². The van der Waals surface area contributed by atoms with Gasteiger partial charge >= 0.3 is 0 Å². The van der Waals surface area contributed by atoms with Crippen LogP contribution in [0.5, 0.6) is 0 Å². The molecule has 1 aliphatic carbocycles. The standard InChI is InChI=1S/C21H25NO/c1-16-9-10-18(13-17(16)2)14-20(23)22-15-21(11-6-12-21)19-7-4-3-5-8-19/h3-5,7-10,13H,6,11-12,14-15H2,1-2H3,(H,22,23). The predicted octanol–water partition coefficient (Wildman–Crippen LogP) is 4.08. The summed E-state index contributed by atoms with van der Waals surface area (Å²) in [7, 11) is 0. The lowest BCUT2D eigenvalue weighted by atomic mass is 9.64. The Bertz CT molecular complexity index is 686. The van der Waals surface area contributed by atoms with Crippen LogP contribution in [0.2, 0.25) is 0 Å². The first kappa shape index (κ1) is 15.8. The van der Waals surface area contributed by atoms with E-state index in [9.17, 15) is 4.79 Å². The summed E-state index contributed by atoms with van der Waals surface area (Å²) in [5.74, 6) is 0.121. The molecule has 1 N–H and O–H groups in total. The van der Waals surface area contributed by atoms with Crippen molar-refractivity contribution in [3.05, 3.63) is 70.8 Å². The molecule has 0 spiro atoms. The first-order valence-electron chi connectivity index (χ1n) is 8.47. The number of hydrogen-bond donors (Lipinski definition) is 1. The smallest absolute Gasteiger partial charge is 0.224 e. The molecule has 0 aliphatic heterocycles. The monoisotopic (exact) mass is 307 g/mol. The number of amides is 1. The van der Waals surface area contributed by atoms with E-state index in [-0.39, 0.29) is 11.3 Å². The van der Waals surface area contributed by atoms with Crippen LogP contribution in [-0.2, 0) is 16.6 Å². The minimum absolute atomic E-state index is 0.121. The van der Waals surface area contributed by atoms with Crippen molar-refractivity contribution < 1.29 is 4.79 Å². The third-order valence-corrected chi connectivity index (χ3v) is 5.26. The molecule has 2 nitrogen and oxygen atoms in total. The molecule has 0 unspecified atom stereocenters. The summed E-state index contributed by atoms with van der Waals surface area (Å²) < 4.78 is 0. The molecular formula is C21H25NO. The maximum absolute atomic E-state index is 12.3. The van der Waals surface area contributed by atoms with Crippen molar-refractivity contribution in [1.82, 2.24) is 5.32 Å². The van der Waals surface area contributed by atoms with Gasteiger partial charge in [-0.3, -0.25) is 4.79 Å². The van der Waals surface area contributed by atoms with Crippen molar-refractivity contribution in [1.29, 1.82) is 0 Å². The summed E-state index contributed by atoms with van der Waals surface area (Å²) >= 11 is 0. The highest BCUT2D eigenvalue weighted by atomic mass is 16.1. The largest absolute Gasteiger partial charge is 0.355 e. The van der Waals surface area contributed by atoms with Gasteiger partial charge in [-0.25, -0.2) is 0 Å². The molecule has 1 fully saturated rings. The Morgan fingerprint density at radius 3 is 2.39 bits per heavy atom. The fourth-order valence-electron chi connectivity index (χ4n) is 3.39. The molecule has 1 aliphatic rings. The lowest BCUT2D eigenvalue weighted by Crippen LogP contribution is -2.45. The van der Waals surface area contributed by atoms with Crippen LogP contribution >= 0.6 is 0 Å². The Morgan fingerprint density at radius 1 is 1.04 bits per heavy atom. The van der Waals surface area contributed by atoms with Gasteiger partial charge in [0.1, 0.15) is 0 Å². The van der Waals surface area contributed by atoms with Gasteiger partial charge in [-0.05, 0) is 48.9 Å². The van der Waals surface area contributed by atoms with E-state index in [1.807, 2.05) is 6.07 Å². The molecule has 0 heterocycles. The highest BCUT2D eigenvalue weighted by Gasteiger charge is 2.38. The number of carbonyl (C=O) groups is 1. The average molecular weight is 307 g/mol. The summed E-state index contributed by atoms with van der Waals surface area (Å²) in [4.78, 5) is 12.3. The zero-order valence-corrected chi connectivity index (χ0v) is 14.1. The molecule has 0 bridgehead atoms. The first-order valence-corrected chi connectivity index (χ1v) is 8.47. The van der Waals surface area contributed by atoms with Crippen LogP contribution in [0.15, 0.2) is 48.5 Å². The molecule has 0 radical (unpaired) electrons. The van der Waals surface area contributed by atoms with E-state index in [0.29, 0.717) is 6.42 Å². The molecule has 1 amide bonds. The quantitative estimate of drug-likeness (QED) is 0.886. The van der Waals surface area contributed by atoms with E-state index in [4.69, 9.17) is 0 Å². The predicted molar refractivity (Wildman–Crippen MR) is 94.6 cm³/mol. The maximum atomic E-state index is 12.3. The first-order chi connectivity index (χ1) is 11.1. The molecule has 2 aromatic carbocycles. The van der Waals surface area contributed by atoms with Gasteiger partial charge in [0.25, 0.3) is 0 Å². The molecule has 23 heavy (non-hydrogen) atoms. The van der Waals surface area contributed by atoms with Crippen LogP contribution in [0.25, 0.3) is 0 Å². The molecule has 0 atom stereocenters. The van der Waals surface area contributed by atoms with E-state index in [2.05, 4.69) is 61.6 Å². The number of hydrogen-bond acceptors (Lipinski definition) is 1. The number of carbonyl (C=O) groups excluding carboxylic acids is 1. The SMILES string of the molecule is Cc1ccc(CC(=O)NCC2(c3ccccc3)CCC2)cc1C. The summed E-state index contributed by atoms with van der Waals surface area (Å²) in [5.41, 5.74) is 5.12. The summed E-state index contributed by atoms with van der Waals surface area (Å²) in [5, 5.41) is 3.17. The van der Waals surface area contributed by atoms with Crippen molar-refractivity contribution in [3.63, 3.8) is 0 Å². The van der Waals surface area contributed by atoms with Gasteiger partial charge in [0.15, 0.2) is 0 Å². The molecule has 2 aromatic rings. The molecule has 0 saturated heterocycles. The lowest BCUT2D eigenvalue weighted by Gasteiger charge is -2.42. The van der Waals surface area contributed by atoms with Gasteiger partial charge in [-0.1, -0.05) is 55.0 Å². The van der Waals surface area contributed by atoms with Crippen LogP contribution in [0.1, 0.15) is 41.5 Å². The van der Waals surface area contributed by atoms with E-state index >= 15 is 0 Å². The summed E-state index contributed by atoms with van der Waals surface area (Å²) in [6.45, 7) is 4.94. The maximum Gasteiger partial charge on any atom is 0.224 e. The Morgan fingerprint density at radius 2 is 1.78 bits per heavy atom. The fourth-order valence-corrected chi connectivity index (χ4v) is 3.39. The lowest BCUT2D eigenvalue weighted by molar-refractivity contribution is -0.120. The molecule has 1 saturated carbocycles. The van der Waals surface area contributed by atoms with Gasteiger partial charge in [0.2, 0.25) is 5.91 Å². The second kappa shape index (κ2) is 6.57. The van der Waals surface area contributed by atoms with E-state index in [0.717, 1.165) is 12.1 Å². The van der Waals surface area contributed by atoms with Crippen LogP contribution in [0.4, 0.5) is 0 Å². The number of benzene rings is 2. The van der Waals surface area contributed by atoms with Crippen LogP contribution < -0.4 is 5.32 Å². The summed E-state index contributed by atoms with van der Waals surface area (Å²) in [6, 6.07) is 16.9. The van der Waals surface area contributed by atoms with Crippen LogP contribution in [0.3, 0.4) is 0 Å². The highest BCUT2D eigenvalue weighted by molar-refractivity contribution is 5.78. The zero-order valence-electron chi connectivity index (χ0n) is 14.1. The minimum Gasteiger partial charge on any atom is -0.355 e. The Labute approximate surface area is 138 Å². The van der Waals surface area contributed by atoms with Gasteiger partial charge in [0.05, 0.1) is 6.42 Å². The van der Waals surface area contributed by atoms with Gasteiger partial charge in [-0.2, -0.15) is 0 Å². The normalized spacial score (nSPS) is 15.7.